The van der Waals surface area contributed by atoms with Crippen LogP contribution in [-0.2, 0) is 6.54 Å². The van der Waals surface area contributed by atoms with Gasteiger partial charge in [-0.2, -0.15) is 0 Å². The molecule has 1 aliphatic rings. The van der Waals surface area contributed by atoms with E-state index in [4.69, 9.17) is 11.6 Å². The molecule has 2 nitrogen and oxygen atoms in total. The van der Waals surface area contributed by atoms with Crippen LogP contribution >= 0.6 is 11.6 Å². The van der Waals surface area contributed by atoms with Gasteiger partial charge in [0, 0.05) is 37.3 Å². The molecular weight excluding hydrogens is 287 g/mol. The zero-order valence-electron chi connectivity index (χ0n) is 13.4. The minimum absolute atomic E-state index is 0.198. The van der Waals surface area contributed by atoms with Gasteiger partial charge in [-0.15, -0.1) is 0 Å². The maximum Gasteiger partial charge on any atom is 0.146 e. The summed E-state index contributed by atoms with van der Waals surface area (Å²) in [5.41, 5.74) is 0.889. The Hall–Kier alpha value is -0.640. The molecule has 0 amide bonds. The fourth-order valence-corrected chi connectivity index (χ4v) is 3.12. The highest BCUT2D eigenvalue weighted by atomic mass is 35.5. The van der Waals surface area contributed by atoms with Gasteiger partial charge in [0.2, 0.25) is 0 Å². The zero-order valence-corrected chi connectivity index (χ0v) is 14.2. The third-order valence-corrected chi connectivity index (χ3v) is 4.75. The molecule has 4 heteroatoms. The summed E-state index contributed by atoms with van der Waals surface area (Å²) in [6, 6.07) is 6.13. The Balaban J connectivity index is 2.16. The smallest absolute Gasteiger partial charge is 0.146 e. The van der Waals surface area contributed by atoms with Crippen LogP contribution in [0.25, 0.3) is 0 Å². The number of rotatable bonds is 3. The molecule has 2 unspecified atom stereocenters. The van der Waals surface area contributed by atoms with Crippen molar-refractivity contribution in [1.29, 1.82) is 0 Å². The summed E-state index contributed by atoms with van der Waals surface area (Å²) in [5.74, 6) is -0.278. The minimum Gasteiger partial charge on any atom is -0.311 e. The van der Waals surface area contributed by atoms with Crippen molar-refractivity contribution >= 4 is 11.6 Å². The van der Waals surface area contributed by atoms with E-state index in [0.29, 0.717) is 24.2 Å². The molecule has 0 radical (unpaired) electrons. The molecule has 1 aliphatic heterocycles. The van der Waals surface area contributed by atoms with E-state index in [2.05, 4.69) is 37.9 Å². The van der Waals surface area contributed by atoms with Crippen molar-refractivity contribution in [3.63, 3.8) is 0 Å². The third-order valence-electron chi connectivity index (χ3n) is 4.45. The topological polar surface area (TPSA) is 15.3 Å². The van der Waals surface area contributed by atoms with Crippen LogP contribution in [0.3, 0.4) is 0 Å². The van der Waals surface area contributed by atoms with E-state index in [1.165, 1.54) is 0 Å². The lowest BCUT2D eigenvalue weighted by molar-refractivity contribution is 0.0766. The average molecular weight is 313 g/mol. The lowest BCUT2D eigenvalue weighted by Crippen LogP contribution is -2.59. The van der Waals surface area contributed by atoms with Crippen molar-refractivity contribution in [3.8, 4) is 0 Å². The van der Waals surface area contributed by atoms with E-state index in [-0.39, 0.29) is 16.3 Å². The second-order valence-corrected chi connectivity index (χ2v) is 7.44. The van der Waals surface area contributed by atoms with E-state index in [1.807, 2.05) is 12.1 Å². The molecular formula is C17H26ClFN2. The van der Waals surface area contributed by atoms with E-state index >= 15 is 0 Å². The second kappa shape index (κ2) is 6.64. The van der Waals surface area contributed by atoms with Crippen LogP contribution in [0.5, 0.6) is 0 Å². The van der Waals surface area contributed by atoms with Crippen LogP contribution in [0.4, 0.5) is 4.39 Å². The van der Waals surface area contributed by atoms with Gasteiger partial charge in [-0.1, -0.05) is 51.4 Å². The average Bonchev–Trinajstić information content (AvgIpc) is 2.43. The monoisotopic (exact) mass is 312 g/mol. The van der Waals surface area contributed by atoms with Crippen molar-refractivity contribution < 1.29 is 4.39 Å². The van der Waals surface area contributed by atoms with Crippen LogP contribution in [0.1, 0.15) is 39.7 Å². The number of nitrogens with one attached hydrogen (secondary N) is 1. The molecule has 1 aromatic rings. The minimum atomic E-state index is -0.278. The fraction of sp³-hybridized carbons (Fsp3) is 0.647. The normalized spacial score (nSPS) is 24.3. The van der Waals surface area contributed by atoms with Gasteiger partial charge < -0.3 is 5.32 Å². The lowest BCUT2D eigenvalue weighted by atomic mass is 9.84. The largest absolute Gasteiger partial charge is 0.311 e. The van der Waals surface area contributed by atoms with E-state index in [9.17, 15) is 4.39 Å². The number of hydrogen-bond acceptors (Lipinski definition) is 2. The summed E-state index contributed by atoms with van der Waals surface area (Å²) >= 11 is 5.90. The molecule has 1 fully saturated rings. The SMILES string of the molecule is CCC1CNC(C(C)(C)C)CN1Cc1cccc(Cl)c1F. The van der Waals surface area contributed by atoms with Crippen molar-refractivity contribution in [2.75, 3.05) is 13.1 Å². The van der Waals surface area contributed by atoms with Gasteiger partial charge >= 0.3 is 0 Å². The molecule has 1 heterocycles. The van der Waals surface area contributed by atoms with Gasteiger partial charge in [-0.05, 0) is 17.9 Å². The highest BCUT2D eigenvalue weighted by molar-refractivity contribution is 6.30. The molecule has 118 valence electrons. The third kappa shape index (κ3) is 3.97. The van der Waals surface area contributed by atoms with Crippen molar-refractivity contribution in [2.24, 2.45) is 5.41 Å². The molecule has 1 saturated heterocycles. The lowest BCUT2D eigenvalue weighted by Gasteiger charge is -2.45. The molecule has 21 heavy (non-hydrogen) atoms. The Bertz CT molecular complexity index is 484. The Kier molecular flexibility index (Phi) is 5.29. The summed E-state index contributed by atoms with van der Waals surface area (Å²) in [6.45, 7) is 11.4. The van der Waals surface area contributed by atoms with E-state index in [0.717, 1.165) is 19.5 Å². The molecule has 0 aliphatic carbocycles. The van der Waals surface area contributed by atoms with Crippen LogP contribution in [0, 0.1) is 11.2 Å². The maximum atomic E-state index is 14.1. The first-order chi connectivity index (χ1) is 9.82. The zero-order chi connectivity index (χ0) is 15.6. The van der Waals surface area contributed by atoms with Crippen molar-refractivity contribution in [3.05, 3.63) is 34.6 Å². The Morgan fingerprint density at radius 2 is 2.10 bits per heavy atom. The molecule has 1 N–H and O–H groups in total. The Morgan fingerprint density at radius 1 is 1.38 bits per heavy atom. The summed E-state index contributed by atoms with van der Waals surface area (Å²) in [5, 5.41) is 3.85. The quantitative estimate of drug-likeness (QED) is 0.905. The Morgan fingerprint density at radius 3 is 2.71 bits per heavy atom. The highest BCUT2D eigenvalue weighted by Gasteiger charge is 2.33. The number of nitrogens with zero attached hydrogens (tertiary/aromatic N) is 1. The van der Waals surface area contributed by atoms with Crippen molar-refractivity contribution in [2.45, 2.75) is 52.7 Å². The van der Waals surface area contributed by atoms with Gasteiger partial charge in [0.15, 0.2) is 0 Å². The molecule has 1 aromatic carbocycles. The van der Waals surface area contributed by atoms with Crippen LogP contribution in [0.2, 0.25) is 5.02 Å². The number of benzene rings is 1. The van der Waals surface area contributed by atoms with Crippen LogP contribution < -0.4 is 5.32 Å². The molecule has 0 aromatic heterocycles. The molecule has 0 bridgehead atoms. The predicted octanol–water partition coefficient (Wildman–Crippen LogP) is 4.08. The number of hydrogen-bond donors (Lipinski definition) is 1. The van der Waals surface area contributed by atoms with Crippen LogP contribution in [0.15, 0.2) is 18.2 Å². The van der Waals surface area contributed by atoms with Gasteiger partial charge in [-0.25, -0.2) is 4.39 Å². The summed E-state index contributed by atoms with van der Waals surface area (Å²) < 4.78 is 14.1. The van der Waals surface area contributed by atoms with Gasteiger partial charge in [0.05, 0.1) is 5.02 Å². The second-order valence-electron chi connectivity index (χ2n) is 7.03. The summed E-state index contributed by atoms with van der Waals surface area (Å²) in [4.78, 5) is 2.39. The molecule has 2 atom stereocenters. The van der Waals surface area contributed by atoms with Crippen molar-refractivity contribution in [1.82, 2.24) is 10.2 Å². The number of halogens is 2. The first kappa shape index (κ1) is 16.7. The molecule has 0 spiro atoms. The predicted molar refractivity (Wildman–Crippen MR) is 87.1 cm³/mol. The van der Waals surface area contributed by atoms with Gasteiger partial charge in [-0.3, -0.25) is 4.90 Å². The van der Waals surface area contributed by atoms with Gasteiger partial charge in [0.25, 0.3) is 0 Å². The standard InChI is InChI=1S/C17H26ClFN2/c1-5-13-9-20-15(17(2,3)4)11-21(13)10-12-7-6-8-14(18)16(12)19/h6-8,13,15,20H,5,9-11H2,1-4H3. The maximum absolute atomic E-state index is 14.1. The number of piperazine rings is 1. The fourth-order valence-electron chi connectivity index (χ4n) is 2.92. The van der Waals surface area contributed by atoms with E-state index < -0.39 is 0 Å². The highest BCUT2D eigenvalue weighted by Crippen LogP contribution is 2.26. The molecule has 2 rings (SSSR count). The van der Waals surface area contributed by atoms with Crippen LogP contribution in [-0.4, -0.2) is 30.1 Å². The summed E-state index contributed by atoms with van der Waals surface area (Å²) in [7, 11) is 0. The molecule has 0 saturated carbocycles. The van der Waals surface area contributed by atoms with Gasteiger partial charge in [0.1, 0.15) is 5.82 Å². The first-order valence-electron chi connectivity index (χ1n) is 7.73. The first-order valence-corrected chi connectivity index (χ1v) is 8.11. The van der Waals surface area contributed by atoms with E-state index in [1.54, 1.807) is 6.07 Å². The summed E-state index contributed by atoms with van der Waals surface area (Å²) in [6.07, 6.45) is 1.06. The Labute approximate surface area is 132 Å².